The Morgan fingerprint density at radius 2 is 1.18 bits per heavy atom. The Bertz CT molecular complexity index is 2750. The SMILES string of the molecule is Cc1ccc2c(sc3c4cc5ccccc5cc4ccc23)c1-c1n(-c2c(C(C)C)cc(-c3ccccc3)cc2C(C)C)c2ccccc2[n+]1C. The lowest BCUT2D eigenvalue weighted by molar-refractivity contribution is -0.633. The Hall–Kier alpha value is -5.25. The lowest BCUT2D eigenvalue weighted by Crippen LogP contribution is -2.30. The van der Waals surface area contributed by atoms with Crippen molar-refractivity contribution < 1.29 is 4.57 Å². The number of hydrogen-bond donors (Lipinski definition) is 0. The first-order valence-electron chi connectivity index (χ1n) is 17.8. The molecule has 244 valence electrons. The molecule has 9 aromatic rings. The van der Waals surface area contributed by atoms with Gasteiger partial charge in [0.1, 0.15) is 5.69 Å². The van der Waals surface area contributed by atoms with Crippen molar-refractivity contribution in [2.24, 2.45) is 7.05 Å². The molecular formula is C47H41N2S+. The molecule has 0 saturated carbocycles. The van der Waals surface area contributed by atoms with Crippen molar-refractivity contribution in [2.75, 3.05) is 0 Å². The van der Waals surface area contributed by atoms with E-state index in [-0.39, 0.29) is 0 Å². The van der Waals surface area contributed by atoms with Gasteiger partial charge < -0.3 is 0 Å². The van der Waals surface area contributed by atoms with E-state index >= 15 is 0 Å². The molecule has 0 atom stereocenters. The molecule has 9 rings (SSSR count). The van der Waals surface area contributed by atoms with Gasteiger partial charge in [-0.05, 0) is 88.0 Å². The van der Waals surface area contributed by atoms with Gasteiger partial charge in [-0.1, -0.05) is 119 Å². The van der Waals surface area contributed by atoms with Crippen molar-refractivity contribution >= 4 is 64.1 Å². The van der Waals surface area contributed by atoms with Crippen LogP contribution in [0.4, 0.5) is 0 Å². The van der Waals surface area contributed by atoms with Crippen molar-refractivity contribution in [1.29, 1.82) is 0 Å². The number of rotatable bonds is 5. The number of fused-ring (bicyclic) bond motifs is 7. The summed E-state index contributed by atoms with van der Waals surface area (Å²) in [6.07, 6.45) is 0. The molecule has 50 heavy (non-hydrogen) atoms. The van der Waals surface area contributed by atoms with E-state index in [0.29, 0.717) is 11.8 Å². The lowest BCUT2D eigenvalue weighted by atomic mass is 9.88. The highest BCUT2D eigenvalue weighted by molar-refractivity contribution is 7.27. The van der Waals surface area contributed by atoms with Gasteiger partial charge in [-0.3, -0.25) is 0 Å². The molecule has 0 aliphatic heterocycles. The summed E-state index contributed by atoms with van der Waals surface area (Å²) in [7, 11) is 2.25. The number of nitrogens with zero attached hydrogens (tertiary/aromatic N) is 2. The molecule has 2 heterocycles. The second-order valence-electron chi connectivity index (χ2n) is 14.5. The first kappa shape index (κ1) is 30.8. The number of imidazole rings is 1. The summed E-state index contributed by atoms with van der Waals surface area (Å²) in [6, 6.07) is 47.5. The molecular weight excluding hydrogens is 625 g/mol. The average Bonchev–Trinajstić information content (AvgIpc) is 3.65. The van der Waals surface area contributed by atoms with E-state index in [1.54, 1.807) is 0 Å². The zero-order valence-electron chi connectivity index (χ0n) is 29.6. The molecule has 7 aromatic carbocycles. The van der Waals surface area contributed by atoms with Crippen LogP contribution in [0.5, 0.6) is 0 Å². The van der Waals surface area contributed by atoms with Crippen LogP contribution >= 0.6 is 11.3 Å². The highest BCUT2D eigenvalue weighted by Gasteiger charge is 2.33. The Morgan fingerprint density at radius 1 is 0.560 bits per heavy atom. The number of para-hydroxylation sites is 2. The Morgan fingerprint density at radius 3 is 1.90 bits per heavy atom. The van der Waals surface area contributed by atoms with E-state index in [4.69, 9.17) is 0 Å². The molecule has 2 aromatic heterocycles. The highest BCUT2D eigenvalue weighted by atomic mass is 32.1. The van der Waals surface area contributed by atoms with Gasteiger partial charge in [0.05, 0.1) is 17.3 Å². The highest BCUT2D eigenvalue weighted by Crippen LogP contribution is 2.46. The number of aryl methyl sites for hydroxylation is 2. The normalized spacial score (nSPS) is 12.2. The topological polar surface area (TPSA) is 8.81 Å². The van der Waals surface area contributed by atoms with E-state index in [0.717, 1.165) is 0 Å². The van der Waals surface area contributed by atoms with E-state index in [1.165, 1.54) is 97.6 Å². The molecule has 2 nitrogen and oxygen atoms in total. The quantitative estimate of drug-likeness (QED) is 0.128. The molecule has 0 amide bonds. The van der Waals surface area contributed by atoms with Gasteiger partial charge in [0.25, 0.3) is 5.82 Å². The van der Waals surface area contributed by atoms with Gasteiger partial charge in [-0.25, -0.2) is 4.57 Å². The fraction of sp³-hybridized carbons (Fsp3) is 0.170. The van der Waals surface area contributed by atoms with Gasteiger partial charge in [-0.2, -0.15) is 4.57 Å². The van der Waals surface area contributed by atoms with E-state index < -0.39 is 0 Å². The van der Waals surface area contributed by atoms with Crippen LogP contribution in [0, 0.1) is 6.92 Å². The van der Waals surface area contributed by atoms with Crippen LogP contribution < -0.4 is 4.57 Å². The molecule has 0 fully saturated rings. The van der Waals surface area contributed by atoms with Crippen molar-refractivity contribution in [3.05, 3.63) is 144 Å². The van der Waals surface area contributed by atoms with Crippen LogP contribution in [0.2, 0.25) is 0 Å². The predicted octanol–water partition coefficient (Wildman–Crippen LogP) is 13.0. The minimum absolute atomic E-state index is 0.327. The third-order valence-electron chi connectivity index (χ3n) is 10.7. The smallest absolute Gasteiger partial charge is 0.225 e. The molecule has 0 bridgehead atoms. The van der Waals surface area contributed by atoms with Crippen molar-refractivity contribution in [2.45, 2.75) is 46.5 Å². The van der Waals surface area contributed by atoms with Gasteiger partial charge in [-0.15, -0.1) is 11.3 Å². The van der Waals surface area contributed by atoms with Crippen LogP contribution in [0.25, 0.3) is 81.0 Å². The zero-order chi connectivity index (χ0) is 34.3. The predicted molar refractivity (Wildman–Crippen MR) is 216 cm³/mol. The van der Waals surface area contributed by atoms with Gasteiger partial charge in [0, 0.05) is 32.0 Å². The first-order chi connectivity index (χ1) is 24.3. The molecule has 3 heteroatoms. The Balaban J connectivity index is 1.41. The molecule has 0 radical (unpaired) electrons. The second kappa shape index (κ2) is 11.7. The standard InChI is InChI=1S/C47H41N2S/c1-28(2)38-26-35(31-14-8-7-9-15-31)27-39(29(3)4)44(38)49-42-19-13-12-18-41(42)48(6)47(49)43-30(5)20-22-37-36-23-21-34-24-32-16-10-11-17-33(32)25-40(34)45(36)50-46(37)43/h7-29H,1-6H3/q+1. The summed E-state index contributed by atoms with van der Waals surface area (Å²) < 4.78 is 7.75. The van der Waals surface area contributed by atoms with Crippen LogP contribution in [0.15, 0.2) is 127 Å². The summed E-state index contributed by atoms with van der Waals surface area (Å²) in [5.74, 6) is 1.88. The molecule has 0 saturated heterocycles. The monoisotopic (exact) mass is 665 g/mol. The van der Waals surface area contributed by atoms with Crippen LogP contribution in [-0.4, -0.2) is 4.57 Å². The summed E-state index contributed by atoms with van der Waals surface area (Å²) in [6.45, 7) is 11.7. The average molecular weight is 666 g/mol. The maximum absolute atomic E-state index is 2.60. The second-order valence-corrected chi connectivity index (χ2v) is 15.5. The summed E-state index contributed by atoms with van der Waals surface area (Å²) in [5, 5.41) is 7.85. The third kappa shape index (κ3) is 4.64. The summed E-state index contributed by atoms with van der Waals surface area (Å²) in [5.41, 5.74) is 11.7. The first-order valence-corrected chi connectivity index (χ1v) is 18.6. The Labute approximate surface area is 297 Å². The fourth-order valence-corrected chi connectivity index (χ4v) is 9.55. The zero-order valence-corrected chi connectivity index (χ0v) is 30.4. The van der Waals surface area contributed by atoms with Crippen LogP contribution in [0.1, 0.15) is 56.2 Å². The number of aromatic nitrogens is 2. The van der Waals surface area contributed by atoms with Crippen molar-refractivity contribution in [3.8, 4) is 28.2 Å². The lowest BCUT2D eigenvalue weighted by Gasteiger charge is -2.21. The van der Waals surface area contributed by atoms with Crippen molar-refractivity contribution in [3.63, 3.8) is 0 Å². The molecule has 0 aliphatic carbocycles. The fourth-order valence-electron chi connectivity index (χ4n) is 8.12. The minimum Gasteiger partial charge on any atom is -0.225 e. The minimum atomic E-state index is 0.327. The maximum atomic E-state index is 2.60. The van der Waals surface area contributed by atoms with E-state index in [1.807, 2.05) is 11.3 Å². The summed E-state index contributed by atoms with van der Waals surface area (Å²) >= 11 is 1.95. The van der Waals surface area contributed by atoms with E-state index in [9.17, 15) is 0 Å². The molecule has 0 aliphatic rings. The maximum Gasteiger partial charge on any atom is 0.296 e. The largest absolute Gasteiger partial charge is 0.296 e. The number of thiophene rings is 1. The third-order valence-corrected chi connectivity index (χ3v) is 11.9. The molecule has 0 spiro atoms. The van der Waals surface area contributed by atoms with Gasteiger partial charge in [0.15, 0.2) is 11.0 Å². The van der Waals surface area contributed by atoms with Crippen LogP contribution in [0.3, 0.4) is 0 Å². The van der Waals surface area contributed by atoms with E-state index in [2.05, 4.69) is 178 Å². The van der Waals surface area contributed by atoms with Crippen LogP contribution in [-0.2, 0) is 7.05 Å². The number of benzene rings is 7. The molecule has 0 unspecified atom stereocenters. The van der Waals surface area contributed by atoms with Crippen molar-refractivity contribution in [1.82, 2.24) is 4.57 Å². The van der Waals surface area contributed by atoms with Gasteiger partial charge >= 0.3 is 0 Å². The van der Waals surface area contributed by atoms with Gasteiger partial charge in [0.2, 0.25) is 0 Å². The molecule has 0 N–H and O–H groups in total. The Kier molecular flexibility index (Phi) is 7.19. The summed E-state index contributed by atoms with van der Waals surface area (Å²) in [4.78, 5) is 0. The number of hydrogen-bond acceptors (Lipinski definition) is 1.